The molecule has 0 bridgehead atoms. The largest absolute Gasteiger partial charge is 0.378 e. The van der Waals surface area contributed by atoms with Crippen molar-refractivity contribution >= 4 is 0 Å². The van der Waals surface area contributed by atoms with E-state index in [1.165, 1.54) is 32.1 Å². The molecule has 0 saturated heterocycles. The van der Waals surface area contributed by atoms with E-state index in [-0.39, 0.29) is 0 Å². The molecule has 1 fully saturated rings. The molecular weight excluding hydrogens is 186 g/mol. The lowest BCUT2D eigenvalue weighted by Gasteiger charge is -2.30. The zero-order valence-corrected chi connectivity index (χ0v) is 10.6. The van der Waals surface area contributed by atoms with Gasteiger partial charge in [0, 0.05) is 12.6 Å². The van der Waals surface area contributed by atoms with E-state index in [1.807, 2.05) is 0 Å². The van der Waals surface area contributed by atoms with E-state index in [4.69, 9.17) is 4.74 Å². The van der Waals surface area contributed by atoms with E-state index in [2.05, 4.69) is 26.1 Å². The second-order valence-corrected chi connectivity index (χ2v) is 5.17. The summed E-state index contributed by atoms with van der Waals surface area (Å²) >= 11 is 0. The third kappa shape index (κ3) is 5.53. The van der Waals surface area contributed by atoms with Crippen LogP contribution in [0.2, 0.25) is 0 Å². The molecular formula is C13H27NO. The van der Waals surface area contributed by atoms with Gasteiger partial charge in [0.25, 0.3) is 0 Å². The van der Waals surface area contributed by atoms with Gasteiger partial charge in [-0.25, -0.2) is 0 Å². The minimum Gasteiger partial charge on any atom is -0.378 e. The Morgan fingerprint density at radius 1 is 1.33 bits per heavy atom. The number of hydrogen-bond acceptors (Lipinski definition) is 2. The first-order valence-corrected chi connectivity index (χ1v) is 6.57. The SMILES string of the molecule is CCCNC1CCCC(OCC(C)C)C1. The molecule has 0 aromatic rings. The highest BCUT2D eigenvalue weighted by Crippen LogP contribution is 2.21. The molecule has 1 saturated carbocycles. The molecule has 2 nitrogen and oxygen atoms in total. The Balaban J connectivity index is 2.17. The van der Waals surface area contributed by atoms with Gasteiger partial charge in [-0.1, -0.05) is 20.8 Å². The van der Waals surface area contributed by atoms with Crippen LogP contribution in [0.3, 0.4) is 0 Å². The van der Waals surface area contributed by atoms with Crippen LogP contribution >= 0.6 is 0 Å². The molecule has 0 amide bonds. The van der Waals surface area contributed by atoms with Crippen LogP contribution in [0.25, 0.3) is 0 Å². The van der Waals surface area contributed by atoms with E-state index >= 15 is 0 Å². The second-order valence-electron chi connectivity index (χ2n) is 5.17. The molecule has 0 heterocycles. The molecule has 0 radical (unpaired) electrons. The fourth-order valence-electron chi connectivity index (χ4n) is 2.16. The zero-order chi connectivity index (χ0) is 11.1. The molecule has 2 unspecified atom stereocenters. The lowest BCUT2D eigenvalue weighted by atomic mass is 9.92. The quantitative estimate of drug-likeness (QED) is 0.732. The zero-order valence-electron chi connectivity index (χ0n) is 10.6. The average Bonchev–Trinajstić information content (AvgIpc) is 2.24. The third-order valence-electron chi connectivity index (χ3n) is 2.97. The van der Waals surface area contributed by atoms with Crippen LogP contribution in [0.5, 0.6) is 0 Å². The van der Waals surface area contributed by atoms with Crippen molar-refractivity contribution in [3.8, 4) is 0 Å². The number of ether oxygens (including phenoxy) is 1. The first kappa shape index (κ1) is 13.0. The lowest BCUT2D eigenvalue weighted by molar-refractivity contribution is 0.00592. The smallest absolute Gasteiger partial charge is 0.0590 e. The van der Waals surface area contributed by atoms with E-state index in [9.17, 15) is 0 Å². The second kappa shape index (κ2) is 7.24. The summed E-state index contributed by atoms with van der Waals surface area (Å²) in [5, 5.41) is 3.61. The highest BCUT2D eigenvalue weighted by molar-refractivity contribution is 4.78. The van der Waals surface area contributed by atoms with E-state index in [0.717, 1.165) is 13.2 Å². The van der Waals surface area contributed by atoms with E-state index in [1.54, 1.807) is 0 Å². The molecule has 1 aliphatic rings. The summed E-state index contributed by atoms with van der Waals surface area (Å²) < 4.78 is 5.91. The van der Waals surface area contributed by atoms with Crippen molar-refractivity contribution in [2.24, 2.45) is 5.92 Å². The summed E-state index contributed by atoms with van der Waals surface area (Å²) in [4.78, 5) is 0. The normalized spacial score (nSPS) is 27.2. The Morgan fingerprint density at radius 2 is 2.13 bits per heavy atom. The van der Waals surface area contributed by atoms with Gasteiger partial charge in [-0.15, -0.1) is 0 Å². The fraction of sp³-hybridized carbons (Fsp3) is 1.00. The molecule has 0 aliphatic heterocycles. The van der Waals surface area contributed by atoms with Gasteiger partial charge in [-0.2, -0.15) is 0 Å². The molecule has 2 atom stereocenters. The van der Waals surface area contributed by atoms with Crippen molar-refractivity contribution in [3.05, 3.63) is 0 Å². The maximum atomic E-state index is 5.91. The predicted molar refractivity (Wildman–Crippen MR) is 65.1 cm³/mol. The molecule has 0 aromatic carbocycles. The van der Waals surface area contributed by atoms with Crippen LogP contribution < -0.4 is 5.32 Å². The van der Waals surface area contributed by atoms with Crippen LogP contribution in [0.4, 0.5) is 0 Å². The van der Waals surface area contributed by atoms with Crippen molar-refractivity contribution < 1.29 is 4.74 Å². The summed E-state index contributed by atoms with van der Waals surface area (Å²) in [5.74, 6) is 0.661. The molecule has 1 rings (SSSR count). The van der Waals surface area contributed by atoms with Gasteiger partial charge in [-0.3, -0.25) is 0 Å². The topological polar surface area (TPSA) is 21.3 Å². The van der Waals surface area contributed by atoms with Gasteiger partial charge in [0.05, 0.1) is 6.10 Å². The van der Waals surface area contributed by atoms with Crippen LogP contribution in [0.1, 0.15) is 52.9 Å². The Kier molecular flexibility index (Phi) is 6.26. The summed E-state index contributed by atoms with van der Waals surface area (Å²) in [6.07, 6.45) is 6.87. The highest BCUT2D eigenvalue weighted by Gasteiger charge is 2.21. The molecule has 1 aliphatic carbocycles. The molecule has 2 heteroatoms. The number of hydrogen-bond donors (Lipinski definition) is 1. The van der Waals surface area contributed by atoms with Gasteiger partial charge < -0.3 is 10.1 Å². The number of nitrogens with one attached hydrogen (secondary N) is 1. The summed E-state index contributed by atoms with van der Waals surface area (Å²) in [6, 6.07) is 0.705. The van der Waals surface area contributed by atoms with Gasteiger partial charge in [-0.05, 0) is 44.6 Å². The van der Waals surface area contributed by atoms with Crippen molar-refractivity contribution in [2.45, 2.75) is 65.0 Å². The van der Waals surface area contributed by atoms with Crippen LogP contribution in [-0.4, -0.2) is 25.3 Å². The highest BCUT2D eigenvalue weighted by atomic mass is 16.5. The van der Waals surface area contributed by atoms with Gasteiger partial charge in [0.2, 0.25) is 0 Å². The van der Waals surface area contributed by atoms with Gasteiger partial charge in [0.15, 0.2) is 0 Å². The maximum Gasteiger partial charge on any atom is 0.0590 e. The van der Waals surface area contributed by atoms with Crippen LogP contribution in [0.15, 0.2) is 0 Å². The molecule has 90 valence electrons. The van der Waals surface area contributed by atoms with Crippen LogP contribution in [0, 0.1) is 5.92 Å². The van der Waals surface area contributed by atoms with Crippen molar-refractivity contribution in [2.75, 3.05) is 13.2 Å². The fourth-order valence-corrected chi connectivity index (χ4v) is 2.16. The average molecular weight is 213 g/mol. The van der Waals surface area contributed by atoms with E-state index < -0.39 is 0 Å². The summed E-state index contributed by atoms with van der Waals surface area (Å²) in [7, 11) is 0. The van der Waals surface area contributed by atoms with Crippen molar-refractivity contribution in [1.29, 1.82) is 0 Å². The van der Waals surface area contributed by atoms with E-state index in [0.29, 0.717) is 18.1 Å². The number of rotatable bonds is 6. The standard InChI is InChI=1S/C13H27NO/c1-4-8-14-12-6-5-7-13(9-12)15-10-11(2)3/h11-14H,4-10H2,1-3H3. The minimum absolute atomic E-state index is 0.510. The Morgan fingerprint density at radius 3 is 2.80 bits per heavy atom. The third-order valence-corrected chi connectivity index (χ3v) is 2.97. The molecule has 15 heavy (non-hydrogen) atoms. The Labute approximate surface area is 94.8 Å². The predicted octanol–water partition coefficient (Wildman–Crippen LogP) is 2.97. The van der Waals surface area contributed by atoms with Gasteiger partial charge in [0.1, 0.15) is 0 Å². The maximum absolute atomic E-state index is 5.91. The first-order chi connectivity index (χ1) is 7.22. The molecule has 1 N–H and O–H groups in total. The Bertz CT molecular complexity index is 159. The van der Waals surface area contributed by atoms with Crippen molar-refractivity contribution in [1.82, 2.24) is 5.32 Å². The van der Waals surface area contributed by atoms with Gasteiger partial charge >= 0.3 is 0 Å². The van der Waals surface area contributed by atoms with Crippen molar-refractivity contribution in [3.63, 3.8) is 0 Å². The lowest BCUT2D eigenvalue weighted by Crippen LogP contribution is -2.37. The first-order valence-electron chi connectivity index (χ1n) is 6.57. The summed E-state index contributed by atoms with van der Waals surface area (Å²) in [5.41, 5.74) is 0. The monoisotopic (exact) mass is 213 g/mol. The Hall–Kier alpha value is -0.0800. The van der Waals surface area contributed by atoms with Crippen LogP contribution in [-0.2, 0) is 4.74 Å². The molecule has 0 spiro atoms. The molecule has 0 aromatic heterocycles. The summed E-state index contributed by atoms with van der Waals surface area (Å²) in [6.45, 7) is 8.74. The minimum atomic E-state index is 0.510.